The van der Waals surface area contributed by atoms with Crippen molar-refractivity contribution in [1.29, 1.82) is 0 Å². The minimum atomic E-state index is -1.54. The normalized spacial score (nSPS) is 11.0. The molecule has 3 rings (SSSR count). The molecule has 0 fully saturated rings. The average Bonchev–Trinajstić information content (AvgIpc) is 3.02. The molecule has 21 heavy (non-hydrogen) atoms. The summed E-state index contributed by atoms with van der Waals surface area (Å²) in [6, 6.07) is 3.37. The van der Waals surface area contributed by atoms with Crippen molar-refractivity contribution < 1.29 is 17.7 Å². The molecule has 0 unspecified atom stereocenters. The summed E-state index contributed by atoms with van der Waals surface area (Å²) in [5.74, 6) is -4.01. The molecule has 0 saturated heterocycles. The van der Waals surface area contributed by atoms with Gasteiger partial charge in [0.25, 0.3) is 5.89 Å². The molecule has 2 heterocycles. The van der Waals surface area contributed by atoms with E-state index in [4.69, 9.17) is 10.3 Å². The quantitative estimate of drug-likeness (QED) is 0.732. The lowest BCUT2D eigenvalue weighted by molar-refractivity contribution is 0.432. The summed E-state index contributed by atoms with van der Waals surface area (Å²) in [4.78, 5) is 4.73. The fraction of sp³-hybridized carbons (Fsp3) is 0.0769. The van der Waals surface area contributed by atoms with Gasteiger partial charge in [-0.1, -0.05) is 5.16 Å². The van der Waals surface area contributed by atoms with E-state index in [2.05, 4.69) is 10.1 Å². The van der Waals surface area contributed by atoms with Gasteiger partial charge < -0.3 is 10.3 Å². The van der Waals surface area contributed by atoms with Crippen molar-refractivity contribution in [3.05, 3.63) is 41.2 Å². The molecule has 0 aliphatic carbocycles. The third-order valence-electron chi connectivity index (χ3n) is 2.80. The van der Waals surface area contributed by atoms with Gasteiger partial charge in [-0.25, -0.2) is 13.2 Å². The Labute approximate surface area is 121 Å². The van der Waals surface area contributed by atoms with E-state index in [0.717, 1.165) is 17.7 Å². The summed E-state index contributed by atoms with van der Waals surface area (Å²) in [5, 5.41) is 4.23. The molecule has 1 aromatic carbocycles. The number of benzene rings is 1. The minimum absolute atomic E-state index is 0.0106. The van der Waals surface area contributed by atoms with Gasteiger partial charge in [0.05, 0.1) is 9.88 Å². The highest BCUT2D eigenvalue weighted by Gasteiger charge is 2.18. The number of nitrogens with two attached hydrogens (primary N) is 1. The van der Waals surface area contributed by atoms with Crippen molar-refractivity contribution in [2.45, 2.75) is 6.92 Å². The zero-order chi connectivity index (χ0) is 15.1. The molecule has 8 heteroatoms. The van der Waals surface area contributed by atoms with E-state index in [1.807, 2.05) is 6.92 Å². The van der Waals surface area contributed by atoms with Gasteiger partial charge in [-0.05, 0) is 30.7 Å². The smallest absolute Gasteiger partial charge is 0.268 e. The highest BCUT2D eigenvalue weighted by molar-refractivity contribution is 7.19. The van der Waals surface area contributed by atoms with Gasteiger partial charge in [0, 0.05) is 5.56 Å². The molecule has 3 aromatic rings. The van der Waals surface area contributed by atoms with Crippen LogP contribution in [0.1, 0.15) is 5.56 Å². The first kappa shape index (κ1) is 13.6. The summed E-state index contributed by atoms with van der Waals surface area (Å²) in [6.07, 6.45) is 0. The lowest BCUT2D eigenvalue weighted by Gasteiger charge is -1.98. The van der Waals surface area contributed by atoms with Gasteiger partial charge in [0.1, 0.15) is 0 Å². The number of halogens is 3. The molecule has 2 N–H and O–H groups in total. The standard InChI is InChI=1S/C13H8F3N3OS/c1-5-2-9(17)21-11(5)13-18-12(19-20-13)6-3-7(14)10(16)8(15)4-6/h2-4H,17H2,1H3. The summed E-state index contributed by atoms with van der Waals surface area (Å²) in [7, 11) is 0. The van der Waals surface area contributed by atoms with Crippen LogP contribution in [-0.2, 0) is 0 Å². The van der Waals surface area contributed by atoms with Crippen LogP contribution in [0.3, 0.4) is 0 Å². The SMILES string of the molecule is Cc1cc(N)sc1-c1nc(-c2cc(F)c(F)c(F)c2)no1. The fourth-order valence-electron chi connectivity index (χ4n) is 1.84. The Hall–Kier alpha value is -2.35. The Balaban J connectivity index is 2.04. The van der Waals surface area contributed by atoms with Gasteiger partial charge in [-0.2, -0.15) is 4.98 Å². The van der Waals surface area contributed by atoms with E-state index in [0.29, 0.717) is 9.88 Å². The van der Waals surface area contributed by atoms with Crippen LogP contribution < -0.4 is 5.73 Å². The molecule has 0 aliphatic rings. The molecule has 0 bridgehead atoms. The van der Waals surface area contributed by atoms with Crippen molar-refractivity contribution in [3.8, 4) is 22.2 Å². The number of anilines is 1. The second-order valence-corrected chi connectivity index (χ2v) is 5.42. The summed E-state index contributed by atoms with van der Waals surface area (Å²) in [5.41, 5.74) is 6.52. The van der Waals surface area contributed by atoms with Crippen molar-refractivity contribution in [1.82, 2.24) is 10.1 Å². The number of hydrogen-bond acceptors (Lipinski definition) is 5. The summed E-state index contributed by atoms with van der Waals surface area (Å²) in [6.45, 7) is 1.82. The van der Waals surface area contributed by atoms with Crippen molar-refractivity contribution in [2.24, 2.45) is 0 Å². The van der Waals surface area contributed by atoms with Crippen molar-refractivity contribution in [2.75, 3.05) is 5.73 Å². The van der Waals surface area contributed by atoms with Crippen LogP contribution in [0.15, 0.2) is 22.7 Å². The van der Waals surface area contributed by atoms with Crippen molar-refractivity contribution >= 4 is 16.3 Å². The van der Waals surface area contributed by atoms with E-state index in [-0.39, 0.29) is 17.3 Å². The zero-order valence-electron chi connectivity index (χ0n) is 10.7. The Morgan fingerprint density at radius 1 is 1.14 bits per heavy atom. The molecule has 0 aliphatic heterocycles. The Bertz CT molecular complexity index is 805. The van der Waals surface area contributed by atoms with Gasteiger partial charge in [0.15, 0.2) is 17.5 Å². The Kier molecular flexibility index (Phi) is 3.17. The highest BCUT2D eigenvalue weighted by Crippen LogP contribution is 2.33. The van der Waals surface area contributed by atoms with Crippen LogP contribution in [-0.4, -0.2) is 10.1 Å². The molecule has 0 atom stereocenters. The average molecular weight is 311 g/mol. The second-order valence-electron chi connectivity index (χ2n) is 4.34. The Morgan fingerprint density at radius 3 is 2.38 bits per heavy atom. The van der Waals surface area contributed by atoms with Crippen LogP contribution in [0, 0.1) is 24.4 Å². The zero-order valence-corrected chi connectivity index (χ0v) is 11.5. The third-order valence-corrected chi connectivity index (χ3v) is 3.85. The number of hydrogen-bond donors (Lipinski definition) is 1. The minimum Gasteiger partial charge on any atom is -0.391 e. The predicted octanol–water partition coefficient (Wildman–Crippen LogP) is 3.77. The number of nitrogen functional groups attached to an aromatic ring is 1. The van der Waals surface area contributed by atoms with Gasteiger partial charge in [0.2, 0.25) is 5.82 Å². The molecule has 0 amide bonds. The molecule has 4 nitrogen and oxygen atoms in total. The van der Waals surface area contributed by atoms with E-state index >= 15 is 0 Å². The van der Waals surface area contributed by atoms with Gasteiger partial charge in [-0.3, -0.25) is 0 Å². The van der Waals surface area contributed by atoms with E-state index < -0.39 is 17.5 Å². The fourth-order valence-corrected chi connectivity index (χ4v) is 2.70. The molecular weight excluding hydrogens is 303 g/mol. The van der Waals surface area contributed by atoms with Gasteiger partial charge >= 0.3 is 0 Å². The number of rotatable bonds is 2. The number of aryl methyl sites for hydroxylation is 1. The van der Waals surface area contributed by atoms with Crippen LogP contribution in [0.2, 0.25) is 0 Å². The molecule has 108 valence electrons. The first-order chi connectivity index (χ1) is 9.95. The second kappa shape index (κ2) is 4.88. The maximum atomic E-state index is 13.2. The van der Waals surface area contributed by atoms with Gasteiger partial charge in [-0.15, -0.1) is 11.3 Å². The molecular formula is C13H8F3N3OS. The monoisotopic (exact) mass is 311 g/mol. The summed E-state index contributed by atoms with van der Waals surface area (Å²) < 4.78 is 44.4. The molecule has 0 spiro atoms. The lowest BCUT2D eigenvalue weighted by atomic mass is 10.2. The van der Waals surface area contributed by atoms with E-state index in [9.17, 15) is 13.2 Å². The van der Waals surface area contributed by atoms with Crippen molar-refractivity contribution in [3.63, 3.8) is 0 Å². The number of aromatic nitrogens is 2. The van der Waals surface area contributed by atoms with Crippen LogP contribution in [0.25, 0.3) is 22.2 Å². The van der Waals surface area contributed by atoms with Crippen LogP contribution >= 0.6 is 11.3 Å². The van der Waals surface area contributed by atoms with Crippen LogP contribution in [0.5, 0.6) is 0 Å². The van der Waals surface area contributed by atoms with E-state index in [1.54, 1.807) is 6.07 Å². The number of nitrogens with zero attached hydrogens (tertiary/aromatic N) is 2. The lowest BCUT2D eigenvalue weighted by Crippen LogP contribution is -1.92. The van der Waals surface area contributed by atoms with E-state index in [1.165, 1.54) is 11.3 Å². The number of thiophene rings is 1. The maximum Gasteiger partial charge on any atom is 0.268 e. The Morgan fingerprint density at radius 2 is 1.81 bits per heavy atom. The predicted molar refractivity (Wildman–Crippen MR) is 72.1 cm³/mol. The summed E-state index contributed by atoms with van der Waals surface area (Å²) >= 11 is 1.26. The molecule has 0 saturated carbocycles. The third kappa shape index (κ3) is 2.38. The first-order valence-electron chi connectivity index (χ1n) is 5.80. The largest absolute Gasteiger partial charge is 0.391 e. The molecule has 2 aromatic heterocycles. The first-order valence-corrected chi connectivity index (χ1v) is 6.62. The topological polar surface area (TPSA) is 64.9 Å². The van der Waals surface area contributed by atoms with Crippen LogP contribution in [0.4, 0.5) is 18.2 Å². The highest BCUT2D eigenvalue weighted by atomic mass is 32.1. The molecule has 0 radical (unpaired) electrons. The maximum absolute atomic E-state index is 13.2.